The minimum atomic E-state index is -0.878. The number of carboxylic acids is 2. The predicted molar refractivity (Wildman–Crippen MR) is 216 cm³/mol. The van der Waals surface area contributed by atoms with Gasteiger partial charge in [0, 0.05) is 0 Å². The van der Waals surface area contributed by atoms with Gasteiger partial charge in [-0.15, -0.1) is 11.1 Å². The van der Waals surface area contributed by atoms with Gasteiger partial charge in [0.25, 0.3) is 0 Å². The Kier molecular flexibility index (Phi) is 12.5. The number of carboxylic acid groups (broad SMARTS) is 2. The Morgan fingerprint density at radius 3 is 1.22 bits per heavy atom. The molecule has 54 heavy (non-hydrogen) atoms. The third kappa shape index (κ3) is 8.53. The molecule has 0 atom stereocenters. The van der Waals surface area contributed by atoms with Crippen molar-refractivity contribution >= 4 is 38.3 Å². The molecule has 0 heterocycles. The first-order valence-corrected chi connectivity index (χ1v) is 18.5. The van der Waals surface area contributed by atoms with Crippen LogP contribution in [0.25, 0.3) is 43.8 Å². The molecule has 0 amide bonds. The van der Waals surface area contributed by atoms with Crippen LogP contribution in [0.3, 0.4) is 0 Å². The van der Waals surface area contributed by atoms with E-state index >= 15 is 0 Å². The van der Waals surface area contributed by atoms with Gasteiger partial charge in [-0.1, -0.05) is 144 Å². The normalized spacial score (nSPS) is 10.9. The Balaban J connectivity index is 0.000000121. The van der Waals surface area contributed by atoms with Crippen molar-refractivity contribution in [2.75, 3.05) is 0 Å². The SMILES string of the molecule is O=C(O)c1cccc2ccccc12.O=C(O)c1cccc2ccccc12.[CH2]=[Ti+2].[c-]1cccc2c1Cc1ccccc1-2.[c-]1cccc2c1Cc1ccccc1-2. The molecule has 0 radical (unpaired) electrons. The van der Waals surface area contributed by atoms with Crippen LogP contribution in [-0.2, 0) is 32.8 Å². The number of rotatable bonds is 2. The third-order valence-electron chi connectivity index (χ3n) is 9.27. The molecule has 0 saturated carbocycles. The molecule has 0 aliphatic heterocycles. The zero-order chi connectivity index (χ0) is 37.9. The Bertz CT molecular complexity index is 2300. The summed E-state index contributed by atoms with van der Waals surface area (Å²) in [7, 11) is 0. The minimum Gasteiger partial charge on any atom is -0.179 e. The second-order valence-corrected chi connectivity index (χ2v) is 12.5. The molecule has 4 nitrogen and oxygen atoms in total. The number of hydrogen-bond donors (Lipinski definition) is 2. The minimum absolute atomic E-state index is 0.359. The summed E-state index contributed by atoms with van der Waals surface area (Å²) < 4.78 is 0. The van der Waals surface area contributed by atoms with Crippen LogP contribution in [0.1, 0.15) is 43.0 Å². The fourth-order valence-corrected chi connectivity index (χ4v) is 6.82. The first kappa shape index (κ1) is 37.6. The van der Waals surface area contributed by atoms with E-state index in [1.165, 1.54) is 44.5 Å². The summed E-state index contributed by atoms with van der Waals surface area (Å²) >= 11 is 1.75. The maximum Gasteiger partial charge on any atom is -0.0253 e. The summed E-state index contributed by atoms with van der Waals surface area (Å²) in [4.78, 5) is 24.9. The smallest absolute Gasteiger partial charge is 0.0253 e. The fraction of sp³-hybridized carbons (Fsp3) is 0.0408. The number of hydrogen-bond acceptors (Lipinski definition) is 2. The van der Waals surface area contributed by atoms with E-state index in [0.29, 0.717) is 11.1 Å². The largest absolute Gasteiger partial charge is 0.179 e. The molecule has 2 aliphatic rings. The van der Waals surface area contributed by atoms with Gasteiger partial charge in [-0.25, -0.2) is 9.59 Å². The van der Waals surface area contributed by atoms with Gasteiger partial charge in [0.15, 0.2) is 0 Å². The van der Waals surface area contributed by atoms with Crippen molar-refractivity contribution in [3.05, 3.63) is 215 Å². The second-order valence-electron chi connectivity index (χ2n) is 12.5. The first-order chi connectivity index (χ1) is 26.5. The van der Waals surface area contributed by atoms with Crippen molar-refractivity contribution in [2.24, 2.45) is 0 Å². The van der Waals surface area contributed by atoms with Crippen LogP contribution in [0.5, 0.6) is 0 Å². The molecule has 0 fully saturated rings. The molecule has 10 rings (SSSR count). The van der Waals surface area contributed by atoms with Crippen molar-refractivity contribution in [3.63, 3.8) is 0 Å². The number of carbonyl (C=O) groups is 2. The van der Waals surface area contributed by atoms with Gasteiger partial charge >= 0.3 is 36.7 Å². The van der Waals surface area contributed by atoms with Crippen LogP contribution in [0.4, 0.5) is 0 Å². The Morgan fingerprint density at radius 1 is 0.444 bits per heavy atom. The molecule has 0 spiro atoms. The summed E-state index contributed by atoms with van der Waals surface area (Å²) in [5, 5.41) is 21.3. The Hall–Kier alpha value is -6.20. The molecular weight excluding hydrogens is 700 g/mol. The van der Waals surface area contributed by atoms with Crippen LogP contribution in [0.2, 0.25) is 0 Å². The summed E-state index contributed by atoms with van der Waals surface area (Å²) in [5.41, 5.74) is 11.7. The van der Waals surface area contributed by atoms with Crippen LogP contribution in [0, 0.1) is 12.1 Å². The number of fused-ring (bicyclic) bond motifs is 8. The van der Waals surface area contributed by atoms with E-state index in [2.05, 4.69) is 89.7 Å². The average Bonchev–Trinajstić information content (AvgIpc) is 3.80. The van der Waals surface area contributed by atoms with Crippen LogP contribution < -0.4 is 0 Å². The summed E-state index contributed by atoms with van der Waals surface area (Å²) in [6.07, 6.45) is 2.10. The van der Waals surface area contributed by atoms with E-state index in [1.54, 1.807) is 44.2 Å². The quantitative estimate of drug-likeness (QED) is 0.137. The van der Waals surface area contributed by atoms with Crippen LogP contribution >= 0.6 is 0 Å². The zero-order valence-corrected chi connectivity index (χ0v) is 31.1. The maximum absolute atomic E-state index is 10.8. The van der Waals surface area contributed by atoms with Gasteiger partial charge in [-0.2, -0.15) is 59.7 Å². The molecule has 0 unspecified atom stereocenters. The van der Waals surface area contributed by atoms with E-state index in [-0.39, 0.29) is 0 Å². The van der Waals surface area contributed by atoms with Gasteiger partial charge < -0.3 is 10.2 Å². The number of aromatic carboxylic acids is 2. The monoisotopic (exact) mass is 736 g/mol. The molecule has 5 heteroatoms. The first-order valence-electron chi connectivity index (χ1n) is 17.4. The molecular formula is C49H36O4Ti. The van der Waals surface area contributed by atoms with E-state index < -0.39 is 11.9 Å². The summed E-state index contributed by atoms with van der Waals surface area (Å²) in [6.45, 7) is 0. The van der Waals surface area contributed by atoms with Crippen molar-refractivity contribution in [1.29, 1.82) is 0 Å². The topological polar surface area (TPSA) is 74.6 Å². The van der Waals surface area contributed by atoms with E-state index in [9.17, 15) is 9.59 Å². The van der Waals surface area contributed by atoms with E-state index in [0.717, 1.165) is 34.4 Å². The molecule has 260 valence electrons. The predicted octanol–water partition coefficient (Wildman–Crippen LogP) is 11.2. The maximum atomic E-state index is 10.8. The fourth-order valence-electron chi connectivity index (χ4n) is 6.82. The van der Waals surface area contributed by atoms with Crippen molar-refractivity contribution in [2.45, 2.75) is 12.8 Å². The van der Waals surface area contributed by atoms with E-state index in [4.69, 9.17) is 10.2 Å². The van der Waals surface area contributed by atoms with Gasteiger partial charge in [0.05, 0.1) is 11.1 Å². The third-order valence-corrected chi connectivity index (χ3v) is 9.27. The molecule has 2 aliphatic carbocycles. The van der Waals surface area contributed by atoms with E-state index in [1.807, 2.05) is 72.8 Å². The average molecular weight is 737 g/mol. The van der Waals surface area contributed by atoms with Gasteiger partial charge in [-0.3, -0.25) is 0 Å². The van der Waals surface area contributed by atoms with Gasteiger partial charge in [0.2, 0.25) is 0 Å². The zero-order valence-electron chi connectivity index (χ0n) is 29.5. The van der Waals surface area contributed by atoms with Gasteiger partial charge in [0.1, 0.15) is 0 Å². The van der Waals surface area contributed by atoms with Crippen LogP contribution in [-0.4, -0.2) is 27.0 Å². The summed E-state index contributed by atoms with van der Waals surface area (Å²) in [6, 6.07) is 61.7. The van der Waals surface area contributed by atoms with Crippen LogP contribution in [0.15, 0.2) is 170 Å². The number of benzene rings is 8. The van der Waals surface area contributed by atoms with Crippen molar-refractivity contribution in [1.82, 2.24) is 0 Å². The molecule has 8 aromatic carbocycles. The second kappa shape index (κ2) is 18.0. The Labute approximate surface area is 326 Å². The molecule has 8 aromatic rings. The molecule has 0 aromatic heterocycles. The van der Waals surface area contributed by atoms with Crippen molar-refractivity contribution in [3.8, 4) is 22.3 Å². The van der Waals surface area contributed by atoms with Gasteiger partial charge in [-0.05, 0) is 46.5 Å². The summed E-state index contributed by atoms with van der Waals surface area (Å²) in [5.74, 6) is -1.76. The molecule has 2 N–H and O–H groups in total. The van der Waals surface area contributed by atoms with Crippen molar-refractivity contribution < 1.29 is 39.8 Å². The molecule has 0 saturated heterocycles. The molecule has 0 bridgehead atoms. The standard InChI is InChI=1S/2C13H9.2C11H8O2.CH2.Ti/c2*1-3-7-12-10(5-1)9-11-6-2-4-8-13(11)12;2*12-11(13)10-7-3-5-8-4-1-2-6-9(8)10;;/h2*1-5,7-8H,9H2;2*1-7H,(H,12,13);1H2;/q2*-1;;;;+2. The Morgan fingerprint density at radius 2 is 0.796 bits per heavy atom.